The minimum Gasteiger partial charge on any atom is -0.328 e. The molecule has 21 heavy (non-hydrogen) atoms. The topological polar surface area (TPSA) is 73.9 Å². The van der Waals surface area contributed by atoms with Crippen LogP contribution in [0.3, 0.4) is 0 Å². The van der Waals surface area contributed by atoms with Crippen molar-refractivity contribution in [2.24, 2.45) is 0 Å². The van der Waals surface area contributed by atoms with Crippen LogP contribution in [0.2, 0.25) is 0 Å². The van der Waals surface area contributed by atoms with E-state index in [1.165, 1.54) is 19.3 Å². The van der Waals surface area contributed by atoms with Gasteiger partial charge in [0.1, 0.15) is 5.82 Å². The lowest BCUT2D eigenvalue weighted by atomic mass is 9.79. The molecule has 2 N–H and O–H groups in total. The van der Waals surface area contributed by atoms with Gasteiger partial charge in [0.25, 0.3) is 5.91 Å². The van der Waals surface area contributed by atoms with Crippen LogP contribution in [0.1, 0.15) is 61.9 Å². The Labute approximate surface area is 125 Å². The van der Waals surface area contributed by atoms with Crippen LogP contribution in [-0.2, 0) is 6.42 Å². The van der Waals surface area contributed by atoms with Crippen LogP contribution in [0.4, 0.5) is 0 Å². The maximum Gasteiger partial charge on any atom is 0.294 e. The van der Waals surface area contributed by atoms with Crippen LogP contribution in [0.25, 0.3) is 0 Å². The quantitative estimate of drug-likeness (QED) is 0.885. The molecule has 1 amide bonds. The second kappa shape index (κ2) is 6.13. The first-order valence-electron chi connectivity index (χ1n) is 8.19. The summed E-state index contributed by atoms with van der Waals surface area (Å²) in [6.45, 7) is 4.62. The SMILES string of the molecule is CCCc1nc(C(=O)N2CCNCC23CCCCC3)n[nH]1. The summed E-state index contributed by atoms with van der Waals surface area (Å²) in [5.41, 5.74) is -0.0147. The molecule has 2 aliphatic rings. The fourth-order valence-corrected chi connectivity index (χ4v) is 3.68. The maximum atomic E-state index is 12.8. The highest BCUT2D eigenvalue weighted by atomic mass is 16.2. The fraction of sp³-hybridized carbons (Fsp3) is 0.800. The molecule has 0 bridgehead atoms. The van der Waals surface area contributed by atoms with Gasteiger partial charge in [-0.2, -0.15) is 0 Å². The molecule has 1 aromatic heterocycles. The predicted octanol–water partition coefficient (Wildman–Crippen LogP) is 1.51. The Balaban J connectivity index is 1.80. The van der Waals surface area contributed by atoms with E-state index in [0.717, 1.165) is 51.1 Å². The van der Waals surface area contributed by atoms with Gasteiger partial charge < -0.3 is 10.2 Å². The summed E-state index contributed by atoms with van der Waals surface area (Å²) in [4.78, 5) is 19.3. The zero-order chi connectivity index (χ0) is 14.7. The smallest absolute Gasteiger partial charge is 0.294 e. The van der Waals surface area contributed by atoms with Crippen LogP contribution in [0.5, 0.6) is 0 Å². The number of nitrogens with one attached hydrogen (secondary N) is 2. The maximum absolute atomic E-state index is 12.8. The summed E-state index contributed by atoms with van der Waals surface area (Å²) in [6, 6.07) is 0. The standard InChI is InChI=1S/C15H25N5O/c1-2-6-12-17-13(19-18-12)14(21)20-10-9-16-11-15(20)7-4-3-5-8-15/h16H,2-11H2,1H3,(H,17,18,19). The zero-order valence-electron chi connectivity index (χ0n) is 12.8. The Bertz CT molecular complexity index is 484. The number of carbonyl (C=O) groups excluding carboxylic acids is 1. The molecule has 6 nitrogen and oxygen atoms in total. The predicted molar refractivity (Wildman–Crippen MR) is 80.1 cm³/mol. The van der Waals surface area contributed by atoms with Crippen molar-refractivity contribution in [3.8, 4) is 0 Å². The molecular formula is C15H25N5O. The Morgan fingerprint density at radius 1 is 1.33 bits per heavy atom. The van der Waals surface area contributed by atoms with Gasteiger partial charge in [0, 0.05) is 26.1 Å². The summed E-state index contributed by atoms with van der Waals surface area (Å²) in [5.74, 6) is 1.15. The van der Waals surface area contributed by atoms with Crippen molar-refractivity contribution in [3.63, 3.8) is 0 Å². The highest BCUT2D eigenvalue weighted by molar-refractivity contribution is 5.91. The number of carbonyl (C=O) groups is 1. The van der Waals surface area contributed by atoms with Crippen molar-refractivity contribution >= 4 is 5.91 Å². The number of piperazine rings is 1. The highest BCUT2D eigenvalue weighted by Gasteiger charge is 2.43. The molecule has 1 saturated heterocycles. The molecule has 1 aliphatic heterocycles. The molecular weight excluding hydrogens is 266 g/mol. The van der Waals surface area contributed by atoms with Crippen LogP contribution >= 0.6 is 0 Å². The second-order valence-electron chi connectivity index (χ2n) is 6.27. The average Bonchev–Trinajstić information content (AvgIpc) is 2.97. The molecule has 1 aliphatic carbocycles. The normalized spacial score (nSPS) is 21.7. The molecule has 0 atom stereocenters. The number of hydrogen-bond acceptors (Lipinski definition) is 4. The third-order valence-corrected chi connectivity index (χ3v) is 4.78. The van der Waals surface area contributed by atoms with Gasteiger partial charge in [-0.15, -0.1) is 5.10 Å². The minimum atomic E-state index is -0.0147. The monoisotopic (exact) mass is 291 g/mol. The van der Waals surface area contributed by atoms with Crippen molar-refractivity contribution in [2.45, 2.75) is 57.4 Å². The molecule has 6 heteroatoms. The number of aromatic amines is 1. The lowest BCUT2D eigenvalue weighted by Gasteiger charge is -2.49. The number of amides is 1. The van der Waals surface area contributed by atoms with E-state index in [1.54, 1.807) is 0 Å². The zero-order valence-corrected chi connectivity index (χ0v) is 12.8. The van der Waals surface area contributed by atoms with Gasteiger partial charge in [0.15, 0.2) is 0 Å². The summed E-state index contributed by atoms with van der Waals surface area (Å²) in [7, 11) is 0. The molecule has 0 aromatic carbocycles. The minimum absolute atomic E-state index is 0.00277. The van der Waals surface area contributed by atoms with E-state index in [4.69, 9.17) is 0 Å². The van der Waals surface area contributed by atoms with Gasteiger partial charge in [0.05, 0.1) is 5.54 Å². The summed E-state index contributed by atoms with van der Waals surface area (Å²) in [6.07, 6.45) is 7.73. The number of aryl methyl sites for hydroxylation is 1. The molecule has 2 heterocycles. The molecule has 1 aromatic rings. The first kappa shape index (κ1) is 14.5. The average molecular weight is 291 g/mol. The largest absolute Gasteiger partial charge is 0.328 e. The number of nitrogens with zero attached hydrogens (tertiary/aromatic N) is 3. The molecule has 0 radical (unpaired) electrons. The van der Waals surface area contributed by atoms with Gasteiger partial charge in [0.2, 0.25) is 5.82 Å². The van der Waals surface area contributed by atoms with E-state index in [-0.39, 0.29) is 11.4 Å². The summed E-state index contributed by atoms with van der Waals surface area (Å²) < 4.78 is 0. The molecule has 0 unspecified atom stereocenters. The number of hydrogen-bond donors (Lipinski definition) is 2. The Morgan fingerprint density at radius 2 is 2.14 bits per heavy atom. The van der Waals surface area contributed by atoms with Crippen LogP contribution in [0.15, 0.2) is 0 Å². The van der Waals surface area contributed by atoms with E-state index in [2.05, 4.69) is 27.4 Å². The van der Waals surface area contributed by atoms with Crippen molar-refractivity contribution in [1.29, 1.82) is 0 Å². The van der Waals surface area contributed by atoms with Crippen LogP contribution in [0, 0.1) is 0 Å². The van der Waals surface area contributed by atoms with E-state index >= 15 is 0 Å². The van der Waals surface area contributed by atoms with Gasteiger partial charge in [-0.1, -0.05) is 26.2 Å². The van der Waals surface area contributed by atoms with Crippen molar-refractivity contribution < 1.29 is 4.79 Å². The fourth-order valence-electron chi connectivity index (χ4n) is 3.68. The lowest BCUT2D eigenvalue weighted by Crippen LogP contribution is -2.63. The number of rotatable bonds is 3. The van der Waals surface area contributed by atoms with E-state index in [0.29, 0.717) is 5.82 Å². The van der Waals surface area contributed by atoms with E-state index < -0.39 is 0 Å². The second-order valence-corrected chi connectivity index (χ2v) is 6.27. The van der Waals surface area contributed by atoms with E-state index in [1.807, 2.05) is 4.90 Å². The summed E-state index contributed by atoms with van der Waals surface area (Å²) >= 11 is 0. The Kier molecular flexibility index (Phi) is 4.24. The van der Waals surface area contributed by atoms with Gasteiger partial charge >= 0.3 is 0 Å². The van der Waals surface area contributed by atoms with Crippen molar-refractivity contribution in [3.05, 3.63) is 11.6 Å². The molecule has 1 saturated carbocycles. The van der Waals surface area contributed by atoms with Gasteiger partial charge in [-0.25, -0.2) is 4.98 Å². The van der Waals surface area contributed by atoms with Crippen LogP contribution in [-0.4, -0.2) is 51.2 Å². The highest BCUT2D eigenvalue weighted by Crippen LogP contribution is 2.35. The van der Waals surface area contributed by atoms with Crippen molar-refractivity contribution in [1.82, 2.24) is 25.4 Å². The first-order chi connectivity index (χ1) is 10.2. The molecule has 3 rings (SSSR count). The molecule has 2 fully saturated rings. The number of H-pyrrole nitrogens is 1. The first-order valence-corrected chi connectivity index (χ1v) is 8.19. The van der Waals surface area contributed by atoms with Gasteiger partial charge in [-0.05, 0) is 19.3 Å². The Hall–Kier alpha value is -1.43. The Morgan fingerprint density at radius 3 is 2.90 bits per heavy atom. The number of aromatic nitrogens is 3. The van der Waals surface area contributed by atoms with Crippen LogP contribution < -0.4 is 5.32 Å². The van der Waals surface area contributed by atoms with E-state index in [9.17, 15) is 4.79 Å². The lowest BCUT2D eigenvalue weighted by molar-refractivity contribution is 0.0212. The molecule has 1 spiro atoms. The van der Waals surface area contributed by atoms with Crippen molar-refractivity contribution in [2.75, 3.05) is 19.6 Å². The van der Waals surface area contributed by atoms with Gasteiger partial charge in [-0.3, -0.25) is 9.89 Å². The molecule has 116 valence electrons. The third-order valence-electron chi connectivity index (χ3n) is 4.78. The third kappa shape index (κ3) is 2.81. The summed E-state index contributed by atoms with van der Waals surface area (Å²) in [5, 5.41) is 10.5.